The number of carbonyl (C=O) groups is 1. The average Bonchev–Trinajstić information content (AvgIpc) is 3.14. The van der Waals surface area contributed by atoms with Gasteiger partial charge in [0.2, 0.25) is 5.91 Å². The first-order chi connectivity index (χ1) is 14.8. The summed E-state index contributed by atoms with van der Waals surface area (Å²) in [6.07, 6.45) is 0.981. The van der Waals surface area contributed by atoms with Crippen LogP contribution in [0, 0.1) is 11.7 Å². The van der Waals surface area contributed by atoms with Crippen LogP contribution in [-0.4, -0.2) is 52.8 Å². The lowest BCUT2D eigenvalue weighted by molar-refractivity contribution is -0.122. The highest BCUT2D eigenvalue weighted by molar-refractivity contribution is 7.92. The maximum atomic E-state index is 13.3. The number of methoxy groups -OCH3 is 1. The Morgan fingerprint density at radius 2 is 1.97 bits per heavy atom. The molecule has 2 aromatic rings. The smallest absolute Gasteiger partial charge is 0.264 e. The van der Waals surface area contributed by atoms with Gasteiger partial charge < -0.3 is 10.1 Å². The second-order valence-corrected chi connectivity index (χ2v) is 9.60. The van der Waals surface area contributed by atoms with Crippen LogP contribution < -0.4 is 15.0 Å². The Morgan fingerprint density at radius 3 is 2.68 bits per heavy atom. The minimum atomic E-state index is -3.86. The first-order valence-electron chi connectivity index (χ1n) is 10.0. The molecule has 1 amide bonds. The highest BCUT2D eigenvalue weighted by Crippen LogP contribution is 2.34. The monoisotopic (exact) mass is 448 g/mol. The number of halogens is 1. The van der Waals surface area contributed by atoms with Crippen LogP contribution in [0.1, 0.15) is 12.0 Å². The minimum Gasteiger partial charge on any atom is -0.364 e. The van der Waals surface area contributed by atoms with Crippen LogP contribution in [0.25, 0.3) is 0 Å². The molecule has 0 spiro atoms. The number of amides is 1. The van der Waals surface area contributed by atoms with Gasteiger partial charge in [-0.05, 0) is 54.8 Å². The van der Waals surface area contributed by atoms with Gasteiger partial charge in [0.05, 0.1) is 16.5 Å². The van der Waals surface area contributed by atoms with E-state index in [2.05, 4.69) is 10.7 Å². The number of nitrogens with one attached hydrogen (secondary N) is 2. The van der Waals surface area contributed by atoms with E-state index in [0.717, 1.165) is 24.1 Å². The average molecular weight is 449 g/mol. The van der Waals surface area contributed by atoms with Crippen molar-refractivity contribution in [2.75, 3.05) is 36.9 Å². The number of hydrogen-bond donors (Lipinski definition) is 2. The van der Waals surface area contributed by atoms with Crippen molar-refractivity contribution in [1.82, 2.24) is 10.4 Å². The van der Waals surface area contributed by atoms with E-state index in [4.69, 9.17) is 4.74 Å². The van der Waals surface area contributed by atoms with Gasteiger partial charge in [-0.3, -0.25) is 9.10 Å². The highest BCUT2D eigenvalue weighted by atomic mass is 32.2. The van der Waals surface area contributed by atoms with Crippen LogP contribution in [0.3, 0.4) is 0 Å². The van der Waals surface area contributed by atoms with Gasteiger partial charge in [0.25, 0.3) is 10.0 Å². The molecule has 0 radical (unpaired) electrons. The summed E-state index contributed by atoms with van der Waals surface area (Å²) in [7, 11) is -0.490. The molecule has 0 aliphatic carbocycles. The fraction of sp³-hybridized carbons (Fsp3) is 0.381. The Bertz CT molecular complexity index is 1080. The van der Waals surface area contributed by atoms with Crippen LogP contribution in [-0.2, 0) is 26.0 Å². The lowest BCUT2D eigenvalue weighted by Crippen LogP contribution is -2.38. The van der Waals surface area contributed by atoms with Crippen LogP contribution >= 0.6 is 0 Å². The van der Waals surface area contributed by atoms with Crippen molar-refractivity contribution in [3.63, 3.8) is 0 Å². The highest BCUT2D eigenvalue weighted by Gasteiger charge is 2.36. The van der Waals surface area contributed by atoms with Gasteiger partial charge in [-0.15, -0.1) is 0 Å². The Hall–Kier alpha value is -2.53. The van der Waals surface area contributed by atoms with Gasteiger partial charge in [-0.25, -0.2) is 23.2 Å². The van der Waals surface area contributed by atoms with Crippen molar-refractivity contribution in [2.45, 2.75) is 24.0 Å². The van der Waals surface area contributed by atoms with E-state index in [1.165, 1.54) is 23.5 Å². The zero-order valence-electron chi connectivity index (χ0n) is 17.3. The zero-order chi connectivity index (χ0) is 22.2. The molecule has 2 N–H and O–H groups in total. The molecular weight excluding hydrogens is 423 g/mol. The molecule has 2 aliphatic heterocycles. The first-order valence-corrected chi connectivity index (χ1v) is 11.5. The third kappa shape index (κ3) is 4.29. The summed E-state index contributed by atoms with van der Waals surface area (Å²) in [5.41, 5.74) is 4.97. The van der Waals surface area contributed by atoms with Crippen molar-refractivity contribution in [1.29, 1.82) is 0 Å². The van der Waals surface area contributed by atoms with Gasteiger partial charge in [0.1, 0.15) is 12.0 Å². The molecule has 8 nitrogen and oxygen atoms in total. The van der Waals surface area contributed by atoms with Crippen LogP contribution in [0.2, 0.25) is 0 Å². The predicted molar refractivity (Wildman–Crippen MR) is 114 cm³/mol. The lowest BCUT2D eigenvalue weighted by atomic mass is 10.0. The summed E-state index contributed by atoms with van der Waals surface area (Å²) in [6, 6.07) is 10.1. The second-order valence-electron chi connectivity index (χ2n) is 7.74. The Labute approximate surface area is 181 Å². The summed E-state index contributed by atoms with van der Waals surface area (Å²) in [6.45, 7) is 0.799. The van der Waals surface area contributed by atoms with Gasteiger partial charge >= 0.3 is 0 Å². The van der Waals surface area contributed by atoms with E-state index in [1.807, 2.05) is 13.1 Å². The van der Waals surface area contributed by atoms with E-state index in [0.29, 0.717) is 30.9 Å². The van der Waals surface area contributed by atoms with Crippen molar-refractivity contribution in [3.05, 3.63) is 53.8 Å². The summed E-state index contributed by atoms with van der Waals surface area (Å²) in [5, 5.41) is 4.68. The number of hydrogen-bond acceptors (Lipinski definition) is 6. The number of fused-ring (bicyclic) bond motifs is 1. The minimum absolute atomic E-state index is 0.0270. The SMILES string of the molecule is COC1NN(C)CC1C(=O)Nc1ccc2c(c1)N(S(=O)(=O)c1ccc(F)cc1)CCC2. The molecule has 166 valence electrons. The molecule has 1 saturated heterocycles. The molecule has 2 aliphatic rings. The molecule has 0 bridgehead atoms. The van der Waals surface area contributed by atoms with E-state index in [-0.39, 0.29) is 10.8 Å². The zero-order valence-corrected chi connectivity index (χ0v) is 18.2. The molecule has 0 saturated carbocycles. The van der Waals surface area contributed by atoms with E-state index >= 15 is 0 Å². The summed E-state index contributed by atoms with van der Waals surface area (Å²) in [5.74, 6) is -1.12. The number of ether oxygens (including phenoxy) is 1. The number of hydrazine groups is 1. The molecule has 0 aromatic heterocycles. The van der Waals surface area contributed by atoms with Crippen LogP contribution in [0.4, 0.5) is 15.8 Å². The Balaban J connectivity index is 1.61. The summed E-state index contributed by atoms with van der Waals surface area (Å²) >= 11 is 0. The number of benzene rings is 2. The number of rotatable bonds is 5. The third-order valence-electron chi connectivity index (χ3n) is 5.60. The van der Waals surface area contributed by atoms with Gasteiger partial charge in [-0.1, -0.05) is 6.07 Å². The quantitative estimate of drug-likeness (QED) is 0.727. The normalized spacial score (nSPS) is 21.7. The number of sulfonamides is 1. The standard InChI is InChI=1S/C21H25FN4O4S/c1-25-13-18(21(24-25)30-2)20(27)23-16-8-5-14-4-3-11-26(19(14)12-16)31(28,29)17-9-6-15(22)7-10-17/h5-10,12,18,21,24H,3-4,11,13H2,1-2H3,(H,23,27). The largest absolute Gasteiger partial charge is 0.364 e. The second kappa shape index (κ2) is 8.54. The molecular formula is C21H25FN4O4S. The number of nitrogens with zero attached hydrogens (tertiary/aromatic N) is 2. The number of anilines is 2. The molecule has 2 aromatic carbocycles. The first kappa shape index (κ1) is 21.7. The Morgan fingerprint density at radius 1 is 1.23 bits per heavy atom. The van der Waals surface area contributed by atoms with Gasteiger partial charge in [-0.2, -0.15) is 0 Å². The van der Waals surface area contributed by atoms with Crippen molar-refractivity contribution >= 4 is 27.3 Å². The van der Waals surface area contributed by atoms with Crippen molar-refractivity contribution in [2.24, 2.45) is 5.92 Å². The van der Waals surface area contributed by atoms with Gasteiger partial charge in [0.15, 0.2) is 0 Å². The predicted octanol–water partition coefficient (Wildman–Crippen LogP) is 1.94. The topological polar surface area (TPSA) is 91.0 Å². The van der Waals surface area contributed by atoms with Crippen LogP contribution in [0.15, 0.2) is 47.4 Å². The third-order valence-corrected chi connectivity index (χ3v) is 7.43. The fourth-order valence-electron chi connectivity index (χ4n) is 4.03. The maximum Gasteiger partial charge on any atom is 0.264 e. The molecule has 2 unspecified atom stereocenters. The summed E-state index contributed by atoms with van der Waals surface area (Å²) < 4.78 is 46.4. The number of carbonyl (C=O) groups excluding carboxylic acids is 1. The van der Waals surface area contributed by atoms with Crippen molar-refractivity contribution in [3.8, 4) is 0 Å². The molecule has 4 rings (SSSR count). The van der Waals surface area contributed by atoms with Crippen LogP contribution in [0.5, 0.6) is 0 Å². The van der Waals surface area contributed by atoms with E-state index in [1.54, 1.807) is 17.1 Å². The molecule has 10 heteroatoms. The molecule has 2 heterocycles. The fourth-order valence-corrected chi connectivity index (χ4v) is 5.56. The van der Waals surface area contributed by atoms with E-state index < -0.39 is 28.0 Å². The maximum absolute atomic E-state index is 13.3. The summed E-state index contributed by atoms with van der Waals surface area (Å²) in [4.78, 5) is 12.8. The van der Waals surface area contributed by atoms with E-state index in [9.17, 15) is 17.6 Å². The Kier molecular flexibility index (Phi) is 5.98. The number of aryl methyl sites for hydroxylation is 1. The molecule has 2 atom stereocenters. The van der Waals surface area contributed by atoms with Crippen molar-refractivity contribution < 1.29 is 22.3 Å². The van der Waals surface area contributed by atoms with Gasteiger partial charge in [0, 0.05) is 32.9 Å². The molecule has 1 fully saturated rings. The molecule has 31 heavy (non-hydrogen) atoms. The lowest BCUT2D eigenvalue weighted by Gasteiger charge is -2.31.